The Balaban J connectivity index is 1.38. The minimum absolute atomic E-state index is 0.0968. The van der Waals surface area contributed by atoms with Crippen molar-refractivity contribution in [2.24, 2.45) is 0 Å². The zero-order valence-electron chi connectivity index (χ0n) is 17.4. The molecule has 1 aromatic heterocycles. The molecule has 0 aliphatic carbocycles. The van der Waals surface area contributed by atoms with Crippen LogP contribution in [-0.4, -0.2) is 52.4 Å². The van der Waals surface area contributed by atoms with Crippen molar-refractivity contribution in [1.82, 2.24) is 20.4 Å². The van der Waals surface area contributed by atoms with Crippen molar-refractivity contribution in [1.29, 1.82) is 0 Å². The molecule has 1 amide bonds. The molecule has 3 rings (SSSR count). The lowest BCUT2D eigenvalue weighted by molar-refractivity contribution is -0.119. The van der Waals surface area contributed by atoms with Crippen LogP contribution in [0.3, 0.4) is 0 Å². The highest BCUT2D eigenvalue weighted by Gasteiger charge is 2.19. The van der Waals surface area contributed by atoms with Crippen molar-refractivity contribution >= 4 is 40.8 Å². The van der Waals surface area contributed by atoms with Crippen LogP contribution >= 0.6 is 34.9 Å². The van der Waals surface area contributed by atoms with E-state index < -0.39 is 0 Å². The van der Waals surface area contributed by atoms with Gasteiger partial charge in [-0.15, -0.1) is 10.2 Å². The van der Waals surface area contributed by atoms with E-state index in [-0.39, 0.29) is 5.91 Å². The Bertz CT molecular complexity index is 770. The van der Waals surface area contributed by atoms with Crippen LogP contribution < -0.4 is 5.32 Å². The number of nitrogens with one attached hydrogen (secondary N) is 1. The fourth-order valence-electron chi connectivity index (χ4n) is 3.25. The first-order valence-corrected chi connectivity index (χ1v) is 13.0. The first-order valence-electron chi connectivity index (χ1n) is 10.2. The zero-order chi connectivity index (χ0) is 20.6. The van der Waals surface area contributed by atoms with E-state index in [0.29, 0.717) is 17.7 Å². The molecule has 29 heavy (non-hydrogen) atoms. The average Bonchev–Trinajstić information content (AvgIpc) is 3.19. The van der Waals surface area contributed by atoms with Crippen molar-refractivity contribution in [3.63, 3.8) is 0 Å². The molecule has 0 bridgehead atoms. The van der Waals surface area contributed by atoms with Gasteiger partial charge >= 0.3 is 0 Å². The fourth-order valence-corrected chi connectivity index (χ4v) is 6.03. The summed E-state index contributed by atoms with van der Waals surface area (Å²) < 4.78 is 1.81. The summed E-state index contributed by atoms with van der Waals surface area (Å²) in [6.07, 6.45) is 2.09. The number of likely N-dealkylation sites (tertiary alicyclic amines) is 1. The second-order valence-corrected chi connectivity index (χ2v) is 11.0. The van der Waals surface area contributed by atoms with E-state index in [2.05, 4.69) is 65.5 Å². The molecule has 8 heteroatoms. The molecule has 0 unspecified atom stereocenters. The fraction of sp³-hybridized carbons (Fsp3) is 0.571. The number of carbonyl (C=O) groups is 1. The van der Waals surface area contributed by atoms with Gasteiger partial charge in [0.15, 0.2) is 8.68 Å². The smallest absolute Gasteiger partial charge is 0.230 e. The third-order valence-corrected chi connectivity index (χ3v) is 8.38. The molecule has 158 valence electrons. The lowest BCUT2D eigenvalue weighted by Gasteiger charge is -2.31. The number of piperidine rings is 1. The molecule has 1 aromatic carbocycles. The predicted octanol–water partition coefficient (Wildman–Crippen LogP) is 4.65. The third kappa shape index (κ3) is 7.27. The van der Waals surface area contributed by atoms with E-state index in [1.165, 1.54) is 22.9 Å². The second kappa shape index (κ2) is 11.3. The van der Waals surface area contributed by atoms with E-state index in [1.54, 1.807) is 23.1 Å². The maximum Gasteiger partial charge on any atom is 0.230 e. The third-order valence-electron chi connectivity index (χ3n) is 5.12. The topological polar surface area (TPSA) is 58.1 Å². The van der Waals surface area contributed by atoms with Crippen molar-refractivity contribution in [3.8, 4) is 0 Å². The maximum absolute atomic E-state index is 12.2. The highest BCUT2D eigenvalue weighted by atomic mass is 32.2. The lowest BCUT2D eigenvalue weighted by Crippen LogP contribution is -2.45. The Labute approximate surface area is 186 Å². The standard InChI is InChI=1S/C21H30N4OS3/c1-4-25-11-9-18(10-12-25)22-19(26)14-28-21-24-23-20(29-21)27-13-16-5-7-17(8-6-16)15(2)3/h5-8,15,18H,4,9-14H2,1-3H3,(H,22,26). The molecule has 0 spiro atoms. The molecular formula is C21H30N4OS3. The normalized spacial score (nSPS) is 15.7. The minimum Gasteiger partial charge on any atom is -0.353 e. The van der Waals surface area contributed by atoms with Crippen LogP contribution in [0.4, 0.5) is 0 Å². The number of amides is 1. The average molecular weight is 451 g/mol. The first kappa shape index (κ1) is 22.6. The van der Waals surface area contributed by atoms with E-state index in [0.717, 1.165) is 46.9 Å². The van der Waals surface area contributed by atoms with Gasteiger partial charge < -0.3 is 10.2 Å². The summed E-state index contributed by atoms with van der Waals surface area (Å²) in [4.78, 5) is 14.7. The molecule has 1 aliphatic rings. The van der Waals surface area contributed by atoms with Crippen LogP contribution in [0.5, 0.6) is 0 Å². The van der Waals surface area contributed by atoms with E-state index in [9.17, 15) is 4.79 Å². The van der Waals surface area contributed by atoms with Gasteiger partial charge in [0, 0.05) is 24.9 Å². The Morgan fingerprint density at radius 2 is 1.83 bits per heavy atom. The van der Waals surface area contributed by atoms with Crippen LogP contribution in [-0.2, 0) is 10.5 Å². The van der Waals surface area contributed by atoms with Gasteiger partial charge in [-0.25, -0.2) is 0 Å². The predicted molar refractivity (Wildman–Crippen MR) is 124 cm³/mol. The molecular weight excluding hydrogens is 420 g/mol. The summed E-state index contributed by atoms with van der Waals surface area (Å²) in [7, 11) is 0. The summed E-state index contributed by atoms with van der Waals surface area (Å²) in [6.45, 7) is 9.85. The van der Waals surface area contributed by atoms with Gasteiger partial charge in [0.05, 0.1) is 5.75 Å². The number of hydrogen-bond acceptors (Lipinski definition) is 7. The molecule has 1 aliphatic heterocycles. The van der Waals surface area contributed by atoms with Gasteiger partial charge in [-0.05, 0) is 36.4 Å². The Hall–Kier alpha value is -1.09. The number of aromatic nitrogens is 2. The highest BCUT2D eigenvalue weighted by molar-refractivity contribution is 8.03. The minimum atomic E-state index is 0.0968. The Morgan fingerprint density at radius 3 is 2.45 bits per heavy atom. The summed E-state index contributed by atoms with van der Waals surface area (Å²) in [6, 6.07) is 9.09. The van der Waals surface area contributed by atoms with Crippen LogP contribution in [0.15, 0.2) is 32.9 Å². The van der Waals surface area contributed by atoms with Crippen molar-refractivity contribution in [2.45, 2.75) is 60.0 Å². The second-order valence-electron chi connectivity index (χ2n) is 7.58. The van der Waals surface area contributed by atoms with E-state index >= 15 is 0 Å². The summed E-state index contributed by atoms with van der Waals surface area (Å²) in [5, 5.41) is 11.7. The SMILES string of the molecule is CCN1CCC(NC(=O)CSc2nnc(SCc3ccc(C(C)C)cc3)s2)CC1. The number of thioether (sulfide) groups is 2. The highest BCUT2D eigenvalue weighted by Crippen LogP contribution is 2.31. The van der Waals surface area contributed by atoms with Gasteiger partial charge in [-0.1, -0.05) is 79.9 Å². The van der Waals surface area contributed by atoms with E-state index in [4.69, 9.17) is 0 Å². The van der Waals surface area contributed by atoms with Gasteiger partial charge in [-0.3, -0.25) is 4.79 Å². The molecule has 1 fully saturated rings. The molecule has 1 N–H and O–H groups in total. The molecule has 1 saturated heterocycles. The van der Waals surface area contributed by atoms with Crippen LogP contribution in [0, 0.1) is 0 Å². The number of carbonyl (C=O) groups excluding carboxylic acids is 1. The molecule has 2 aromatic rings. The lowest BCUT2D eigenvalue weighted by atomic mass is 10.0. The van der Waals surface area contributed by atoms with Gasteiger partial charge in [0.2, 0.25) is 5.91 Å². The van der Waals surface area contributed by atoms with Crippen LogP contribution in [0.1, 0.15) is 50.7 Å². The van der Waals surface area contributed by atoms with Gasteiger partial charge in [-0.2, -0.15) is 0 Å². The van der Waals surface area contributed by atoms with Crippen LogP contribution in [0.25, 0.3) is 0 Å². The summed E-state index contributed by atoms with van der Waals surface area (Å²) in [5.41, 5.74) is 2.65. The molecule has 0 saturated carbocycles. The monoisotopic (exact) mass is 450 g/mol. The van der Waals surface area contributed by atoms with Gasteiger partial charge in [0.25, 0.3) is 0 Å². The van der Waals surface area contributed by atoms with Crippen molar-refractivity contribution in [2.75, 3.05) is 25.4 Å². The largest absolute Gasteiger partial charge is 0.353 e. The summed E-state index contributed by atoms with van der Waals surface area (Å²) in [5.74, 6) is 1.94. The first-order chi connectivity index (χ1) is 14.0. The zero-order valence-corrected chi connectivity index (χ0v) is 19.8. The van der Waals surface area contributed by atoms with Gasteiger partial charge in [0.1, 0.15) is 0 Å². The number of nitrogens with zero attached hydrogens (tertiary/aromatic N) is 3. The molecule has 0 radical (unpaired) electrons. The van der Waals surface area contributed by atoms with Crippen LogP contribution in [0.2, 0.25) is 0 Å². The quantitative estimate of drug-likeness (QED) is 0.562. The Morgan fingerprint density at radius 1 is 1.17 bits per heavy atom. The number of hydrogen-bond donors (Lipinski definition) is 1. The summed E-state index contributed by atoms with van der Waals surface area (Å²) >= 11 is 4.75. The number of rotatable bonds is 9. The number of benzene rings is 1. The van der Waals surface area contributed by atoms with Crippen molar-refractivity contribution in [3.05, 3.63) is 35.4 Å². The van der Waals surface area contributed by atoms with E-state index in [1.807, 2.05) is 0 Å². The maximum atomic E-state index is 12.2. The van der Waals surface area contributed by atoms with Crippen molar-refractivity contribution < 1.29 is 4.79 Å². The molecule has 5 nitrogen and oxygen atoms in total. The Kier molecular flexibility index (Phi) is 8.84. The molecule has 2 heterocycles. The molecule has 0 atom stereocenters.